The van der Waals surface area contributed by atoms with Crippen LogP contribution in [0.5, 0.6) is 0 Å². The predicted octanol–water partition coefficient (Wildman–Crippen LogP) is 3.45. The summed E-state index contributed by atoms with van der Waals surface area (Å²) in [7, 11) is 2.11. The summed E-state index contributed by atoms with van der Waals surface area (Å²) in [5, 5.41) is 1.18. The number of nitrogen functional groups attached to an aromatic ring is 1. The average Bonchev–Trinajstić information content (AvgIpc) is 2.49. The Kier molecular flexibility index (Phi) is 3.84. The Morgan fingerprint density at radius 3 is 2.71 bits per heavy atom. The highest BCUT2D eigenvalue weighted by Gasteiger charge is 2.05. The van der Waals surface area contributed by atoms with Crippen molar-refractivity contribution in [2.24, 2.45) is 0 Å². The highest BCUT2D eigenvalue weighted by atomic mass is 15.1. The molecule has 1 heterocycles. The van der Waals surface area contributed by atoms with Gasteiger partial charge < -0.3 is 5.73 Å². The van der Waals surface area contributed by atoms with Crippen molar-refractivity contribution in [2.45, 2.75) is 13.1 Å². The molecule has 0 aliphatic heterocycles. The number of hydrogen-bond acceptors (Lipinski definition) is 3. The summed E-state index contributed by atoms with van der Waals surface area (Å²) >= 11 is 0. The van der Waals surface area contributed by atoms with Gasteiger partial charge in [-0.1, -0.05) is 30.3 Å². The van der Waals surface area contributed by atoms with E-state index in [9.17, 15) is 0 Å². The zero-order chi connectivity index (χ0) is 14.7. The standard InChI is InChI=1S/C18H19N3/c1-21(13-16-5-2-3-7-17(16)19)12-14-8-9-18-15(11-14)6-4-10-20-18/h2-11H,12-13,19H2,1H3. The summed E-state index contributed by atoms with van der Waals surface area (Å²) in [5.41, 5.74) is 10.3. The first-order valence-electron chi connectivity index (χ1n) is 7.08. The van der Waals surface area contributed by atoms with Crippen LogP contribution in [0.4, 0.5) is 5.69 Å². The fraction of sp³-hybridized carbons (Fsp3) is 0.167. The summed E-state index contributed by atoms with van der Waals surface area (Å²) in [6, 6.07) is 18.5. The van der Waals surface area contributed by atoms with Gasteiger partial charge in [-0.25, -0.2) is 0 Å². The maximum absolute atomic E-state index is 6.00. The van der Waals surface area contributed by atoms with Gasteiger partial charge in [0, 0.05) is 30.4 Å². The van der Waals surface area contributed by atoms with Crippen molar-refractivity contribution in [1.29, 1.82) is 0 Å². The second kappa shape index (κ2) is 5.94. The van der Waals surface area contributed by atoms with Crippen LogP contribution in [0.3, 0.4) is 0 Å². The number of pyridine rings is 1. The van der Waals surface area contributed by atoms with Gasteiger partial charge in [0.25, 0.3) is 0 Å². The Bertz CT molecular complexity index is 752. The van der Waals surface area contributed by atoms with Gasteiger partial charge in [-0.3, -0.25) is 9.88 Å². The molecular formula is C18H19N3. The third kappa shape index (κ3) is 3.20. The highest BCUT2D eigenvalue weighted by Crippen LogP contribution is 2.17. The molecule has 0 bridgehead atoms. The second-order valence-corrected chi connectivity index (χ2v) is 5.40. The van der Waals surface area contributed by atoms with Crippen molar-refractivity contribution in [1.82, 2.24) is 9.88 Å². The van der Waals surface area contributed by atoms with Crippen LogP contribution in [-0.2, 0) is 13.1 Å². The largest absolute Gasteiger partial charge is 0.398 e. The van der Waals surface area contributed by atoms with E-state index in [1.807, 2.05) is 30.5 Å². The summed E-state index contributed by atoms with van der Waals surface area (Å²) in [4.78, 5) is 6.62. The van der Waals surface area contributed by atoms with E-state index in [4.69, 9.17) is 5.73 Å². The molecule has 0 fully saturated rings. The number of hydrogen-bond donors (Lipinski definition) is 1. The number of benzene rings is 2. The van der Waals surface area contributed by atoms with E-state index < -0.39 is 0 Å². The molecule has 0 spiro atoms. The van der Waals surface area contributed by atoms with E-state index >= 15 is 0 Å². The smallest absolute Gasteiger partial charge is 0.0702 e. The first kappa shape index (κ1) is 13.6. The lowest BCUT2D eigenvalue weighted by Gasteiger charge is -2.18. The fourth-order valence-electron chi connectivity index (χ4n) is 2.56. The van der Waals surface area contributed by atoms with E-state index in [0.717, 1.165) is 24.3 Å². The summed E-state index contributed by atoms with van der Waals surface area (Å²) in [5.74, 6) is 0. The third-order valence-electron chi connectivity index (χ3n) is 3.62. The average molecular weight is 277 g/mol. The molecule has 2 N–H and O–H groups in total. The van der Waals surface area contributed by atoms with Crippen molar-refractivity contribution in [3.8, 4) is 0 Å². The molecule has 2 aromatic carbocycles. The summed E-state index contributed by atoms with van der Waals surface area (Å²) < 4.78 is 0. The van der Waals surface area contributed by atoms with E-state index in [0.29, 0.717) is 0 Å². The topological polar surface area (TPSA) is 42.2 Å². The fourth-order valence-corrected chi connectivity index (χ4v) is 2.56. The van der Waals surface area contributed by atoms with Crippen LogP contribution in [0.15, 0.2) is 60.8 Å². The van der Waals surface area contributed by atoms with Gasteiger partial charge in [0.05, 0.1) is 5.52 Å². The molecule has 0 radical (unpaired) electrons. The molecule has 3 nitrogen and oxygen atoms in total. The Balaban J connectivity index is 1.74. The number of rotatable bonds is 4. The number of para-hydroxylation sites is 1. The van der Waals surface area contributed by atoms with Gasteiger partial charge in [0.1, 0.15) is 0 Å². The number of fused-ring (bicyclic) bond motifs is 1. The van der Waals surface area contributed by atoms with E-state index in [1.165, 1.54) is 16.5 Å². The molecule has 106 valence electrons. The van der Waals surface area contributed by atoms with Crippen molar-refractivity contribution in [3.05, 3.63) is 71.9 Å². The van der Waals surface area contributed by atoms with Crippen molar-refractivity contribution >= 4 is 16.6 Å². The molecule has 0 atom stereocenters. The lowest BCUT2D eigenvalue weighted by molar-refractivity contribution is 0.320. The minimum atomic E-state index is 0.845. The summed E-state index contributed by atoms with van der Waals surface area (Å²) in [6.07, 6.45) is 1.83. The zero-order valence-corrected chi connectivity index (χ0v) is 12.2. The minimum absolute atomic E-state index is 0.845. The molecule has 0 aliphatic carbocycles. The first-order valence-corrected chi connectivity index (χ1v) is 7.08. The number of anilines is 1. The van der Waals surface area contributed by atoms with E-state index in [1.54, 1.807) is 0 Å². The number of aromatic nitrogens is 1. The van der Waals surface area contributed by atoms with Crippen molar-refractivity contribution < 1.29 is 0 Å². The molecule has 3 rings (SSSR count). The third-order valence-corrected chi connectivity index (χ3v) is 3.62. The maximum Gasteiger partial charge on any atom is 0.0702 e. The molecule has 3 heteroatoms. The summed E-state index contributed by atoms with van der Waals surface area (Å²) in [6.45, 7) is 1.73. The molecule has 0 saturated carbocycles. The van der Waals surface area contributed by atoms with Crippen LogP contribution in [0.1, 0.15) is 11.1 Å². The van der Waals surface area contributed by atoms with Gasteiger partial charge in [0.15, 0.2) is 0 Å². The van der Waals surface area contributed by atoms with Gasteiger partial charge in [0.2, 0.25) is 0 Å². The van der Waals surface area contributed by atoms with Crippen LogP contribution < -0.4 is 5.73 Å². The molecule has 0 unspecified atom stereocenters. The van der Waals surface area contributed by atoms with Gasteiger partial charge >= 0.3 is 0 Å². The molecule has 0 saturated heterocycles. The molecular weight excluding hydrogens is 258 g/mol. The SMILES string of the molecule is CN(Cc1ccc2ncccc2c1)Cc1ccccc1N. The van der Waals surface area contributed by atoms with Crippen molar-refractivity contribution in [3.63, 3.8) is 0 Å². The lowest BCUT2D eigenvalue weighted by Crippen LogP contribution is -2.18. The molecule has 21 heavy (non-hydrogen) atoms. The van der Waals surface area contributed by atoms with Crippen LogP contribution in [-0.4, -0.2) is 16.9 Å². The monoisotopic (exact) mass is 277 g/mol. The van der Waals surface area contributed by atoms with Gasteiger partial charge in [-0.15, -0.1) is 0 Å². The Morgan fingerprint density at radius 2 is 1.86 bits per heavy atom. The van der Waals surface area contributed by atoms with E-state index in [2.05, 4.69) is 47.3 Å². The quantitative estimate of drug-likeness (QED) is 0.743. The number of nitrogens with two attached hydrogens (primary N) is 1. The van der Waals surface area contributed by atoms with Crippen LogP contribution in [0, 0.1) is 0 Å². The van der Waals surface area contributed by atoms with E-state index in [-0.39, 0.29) is 0 Å². The Morgan fingerprint density at radius 1 is 1.00 bits per heavy atom. The molecule has 0 amide bonds. The molecule has 0 aliphatic rings. The zero-order valence-electron chi connectivity index (χ0n) is 12.2. The second-order valence-electron chi connectivity index (χ2n) is 5.40. The van der Waals surface area contributed by atoms with Crippen molar-refractivity contribution in [2.75, 3.05) is 12.8 Å². The Hall–Kier alpha value is -2.39. The Labute approximate surface area is 125 Å². The number of nitrogens with zero attached hydrogens (tertiary/aromatic N) is 2. The van der Waals surface area contributed by atoms with Crippen LogP contribution in [0.25, 0.3) is 10.9 Å². The first-order chi connectivity index (χ1) is 10.2. The molecule has 1 aromatic heterocycles. The highest BCUT2D eigenvalue weighted by molar-refractivity contribution is 5.78. The van der Waals surface area contributed by atoms with Gasteiger partial charge in [-0.05, 0) is 42.4 Å². The molecule has 3 aromatic rings. The lowest BCUT2D eigenvalue weighted by atomic mass is 10.1. The van der Waals surface area contributed by atoms with Gasteiger partial charge in [-0.2, -0.15) is 0 Å². The van der Waals surface area contributed by atoms with Crippen LogP contribution in [0.2, 0.25) is 0 Å². The minimum Gasteiger partial charge on any atom is -0.398 e. The van der Waals surface area contributed by atoms with Crippen LogP contribution >= 0.6 is 0 Å². The normalized spacial score (nSPS) is 11.1. The maximum atomic E-state index is 6.00. The predicted molar refractivity (Wildman–Crippen MR) is 87.8 cm³/mol.